The Kier molecular flexibility index (Phi) is 2.51. The Labute approximate surface area is 109 Å². The maximum Gasteiger partial charge on any atom is 0.235 e. The molecule has 2 aliphatic rings. The van der Waals surface area contributed by atoms with Crippen LogP contribution in [0.1, 0.15) is 30.4 Å². The van der Waals surface area contributed by atoms with E-state index in [-0.39, 0.29) is 5.91 Å². The van der Waals surface area contributed by atoms with E-state index in [1.165, 1.54) is 0 Å². The maximum atomic E-state index is 11.4. The van der Waals surface area contributed by atoms with Crippen LogP contribution in [0, 0.1) is 0 Å². The van der Waals surface area contributed by atoms with E-state index in [2.05, 4.69) is 10.3 Å². The first-order chi connectivity index (χ1) is 8.64. The lowest BCUT2D eigenvalue weighted by Crippen LogP contribution is -2.32. The van der Waals surface area contributed by atoms with Gasteiger partial charge in [0, 0.05) is 0 Å². The van der Waals surface area contributed by atoms with Crippen LogP contribution in [0.5, 0.6) is 0 Å². The number of rotatable bonds is 2. The summed E-state index contributed by atoms with van der Waals surface area (Å²) in [6, 6.07) is 3.73. The van der Waals surface area contributed by atoms with Gasteiger partial charge in [0.05, 0.1) is 22.7 Å². The molecule has 1 aromatic carbocycles. The predicted octanol–water partition coefficient (Wildman–Crippen LogP) is 2.55. The van der Waals surface area contributed by atoms with Gasteiger partial charge in [-0.3, -0.25) is 4.79 Å². The summed E-state index contributed by atoms with van der Waals surface area (Å²) in [6.45, 7) is 0. The van der Waals surface area contributed by atoms with E-state index in [1.54, 1.807) is 12.1 Å². The first-order valence-corrected chi connectivity index (χ1v) is 6.24. The van der Waals surface area contributed by atoms with Crippen LogP contribution in [-0.4, -0.2) is 12.0 Å². The number of carbonyl (C=O) groups is 1. The number of halogens is 1. The fourth-order valence-electron chi connectivity index (χ4n) is 2.63. The van der Waals surface area contributed by atoms with E-state index in [9.17, 15) is 9.59 Å². The van der Waals surface area contributed by atoms with Gasteiger partial charge >= 0.3 is 0 Å². The Morgan fingerprint density at radius 1 is 1.39 bits per heavy atom. The van der Waals surface area contributed by atoms with Crippen molar-refractivity contribution in [2.24, 2.45) is 4.99 Å². The number of hydrogen-bond acceptors (Lipinski definition) is 3. The molecule has 0 aromatic heterocycles. The normalized spacial score (nSPS) is 19.5. The second-order valence-corrected chi connectivity index (χ2v) is 5.21. The summed E-state index contributed by atoms with van der Waals surface area (Å²) >= 11 is 6.17. The number of aliphatic imine (C=N–C) groups is 1. The number of carbonyl (C=O) groups excluding carboxylic acids is 2. The Balaban J connectivity index is 2.10. The molecule has 1 aliphatic heterocycles. The predicted molar refractivity (Wildman–Crippen MR) is 67.4 cm³/mol. The highest BCUT2D eigenvalue weighted by Gasteiger charge is 2.40. The summed E-state index contributed by atoms with van der Waals surface area (Å²) in [5.74, 6) is -0.0504. The second kappa shape index (κ2) is 3.94. The highest BCUT2D eigenvalue weighted by molar-refractivity contribution is 6.34. The van der Waals surface area contributed by atoms with Gasteiger partial charge in [-0.15, -0.1) is 0 Å². The summed E-state index contributed by atoms with van der Waals surface area (Å²) in [6.07, 6.45) is 4.69. The molecule has 0 unspecified atom stereocenters. The van der Waals surface area contributed by atoms with E-state index < -0.39 is 5.54 Å². The summed E-state index contributed by atoms with van der Waals surface area (Å²) in [5.41, 5.74) is 2.02. The number of benzene rings is 1. The first kappa shape index (κ1) is 11.5. The van der Waals surface area contributed by atoms with Gasteiger partial charge in [-0.1, -0.05) is 17.7 Å². The van der Waals surface area contributed by atoms with Crippen molar-refractivity contribution in [1.82, 2.24) is 0 Å². The van der Waals surface area contributed by atoms with Crippen molar-refractivity contribution in [3.8, 4) is 0 Å². The number of hydrogen-bond donors (Lipinski definition) is 1. The highest BCUT2D eigenvalue weighted by Crippen LogP contribution is 2.47. The van der Waals surface area contributed by atoms with Gasteiger partial charge in [0.1, 0.15) is 0 Å². The molecule has 1 heterocycles. The number of nitrogens with one attached hydrogen (secondary N) is 1. The van der Waals surface area contributed by atoms with Crippen LogP contribution in [0.25, 0.3) is 0 Å². The molecule has 92 valence electrons. The van der Waals surface area contributed by atoms with Gasteiger partial charge in [-0.05, 0) is 36.5 Å². The molecule has 1 saturated carbocycles. The molecule has 4 nitrogen and oxygen atoms in total. The molecule has 0 saturated heterocycles. The average Bonchev–Trinajstić information content (AvgIpc) is 2.64. The minimum atomic E-state index is -0.466. The molecule has 1 amide bonds. The smallest absolute Gasteiger partial charge is 0.235 e. The molecule has 1 aliphatic carbocycles. The zero-order chi connectivity index (χ0) is 12.8. The van der Waals surface area contributed by atoms with Gasteiger partial charge in [0.15, 0.2) is 0 Å². The van der Waals surface area contributed by atoms with E-state index >= 15 is 0 Å². The maximum absolute atomic E-state index is 11.4. The molecule has 0 bridgehead atoms. The van der Waals surface area contributed by atoms with Gasteiger partial charge in [-0.25, -0.2) is 4.79 Å². The van der Waals surface area contributed by atoms with Crippen LogP contribution in [0.4, 0.5) is 5.69 Å². The third kappa shape index (κ3) is 1.57. The molecule has 0 spiro atoms. The van der Waals surface area contributed by atoms with Crippen LogP contribution >= 0.6 is 11.6 Å². The third-order valence-electron chi connectivity index (χ3n) is 3.77. The van der Waals surface area contributed by atoms with Gasteiger partial charge in [0.2, 0.25) is 12.0 Å². The van der Waals surface area contributed by atoms with E-state index in [4.69, 9.17) is 11.6 Å². The first-order valence-electron chi connectivity index (χ1n) is 5.86. The minimum absolute atomic E-state index is 0.0504. The summed E-state index contributed by atoms with van der Waals surface area (Å²) < 4.78 is 0. The molecule has 0 radical (unpaired) electrons. The van der Waals surface area contributed by atoms with Gasteiger partial charge < -0.3 is 5.32 Å². The van der Waals surface area contributed by atoms with Crippen molar-refractivity contribution < 1.29 is 9.59 Å². The van der Waals surface area contributed by atoms with Crippen molar-refractivity contribution >= 4 is 29.3 Å². The zero-order valence-corrected chi connectivity index (χ0v) is 10.4. The lowest BCUT2D eigenvalue weighted by molar-refractivity contribution is -0.115. The van der Waals surface area contributed by atoms with Crippen LogP contribution in [0.3, 0.4) is 0 Å². The molecule has 18 heavy (non-hydrogen) atoms. The lowest BCUT2D eigenvalue weighted by atomic mass is 9.72. The molecule has 3 rings (SSSR count). The van der Waals surface area contributed by atoms with Crippen LogP contribution in [-0.2, 0) is 21.5 Å². The molecule has 0 atom stereocenters. The summed E-state index contributed by atoms with van der Waals surface area (Å²) in [7, 11) is 0. The number of amides is 1. The standard InChI is InChI=1S/C13H11ClN2O2/c14-10-6-9(13(15-7-17)2-1-3-13)4-8-5-11(18)16-12(8)10/h4,6H,1-3,5H2,(H,16,18). The van der Waals surface area contributed by atoms with Gasteiger partial charge in [0.25, 0.3) is 0 Å². The summed E-state index contributed by atoms with van der Waals surface area (Å²) in [5, 5.41) is 3.25. The lowest BCUT2D eigenvalue weighted by Gasteiger charge is -2.37. The Morgan fingerprint density at radius 3 is 2.78 bits per heavy atom. The van der Waals surface area contributed by atoms with Crippen molar-refractivity contribution in [3.05, 3.63) is 28.3 Å². The Hall–Kier alpha value is -1.64. The van der Waals surface area contributed by atoms with Crippen molar-refractivity contribution in [2.75, 3.05) is 5.32 Å². The monoisotopic (exact) mass is 262 g/mol. The second-order valence-electron chi connectivity index (χ2n) is 4.81. The summed E-state index contributed by atoms with van der Waals surface area (Å²) in [4.78, 5) is 25.9. The Morgan fingerprint density at radius 2 is 2.17 bits per heavy atom. The minimum Gasteiger partial charge on any atom is -0.324 e. The van der Waals surface area contributed by atoms with Crippen molar-refractivity contribution in [3.63, 3.8) is 0 Å². The van der Waals surface area contributed by atoms with Crippen LogP contribution in [0.2, 0.25) is 5.02 Å². The van der Waals surface area contributed by atoms with Crippen LogP contribution in [0.15, 0.2) is 17.1 Å². The van der Waals surface area contributed by atoms with E-state index in [1.807, 2.05) is 6.07 Å². The van der Waals surface area contributed by atoms with Crippen molar-refractivity contribution in [1.29, 1.82) is 0 Å². The number of isocyanates is 1. The molecule has 1 aromatic rings. The van der Waals surface area contributed by atoms with Crippen LogP contribution < -0.4 is 5.32 Å². The number of nitrogens with zero attached hydrogens (tertiary/aromatic N) is 1. The molecule has 5 heteroatoms. The molecule has 1 N–H and O–H groups in total. The molecule has 1 fully saturated rings. The fraction of sp³-hybridized carbons (Fsp3) is 0.385. The number of fused-ring (bicyclic) bond motifs is 1. The van der Waals surface area contributed by atoms with Crippen molar-refractivity contribution in [2.45, 2.75) is 31.2 Å². The number of anilines is 1. The van der Waals surface area contributed by atoms with E-state index in [0.717, 1.165) is 30.4 Å². The fourth-order valence-corrected chi connectivity index (χ4v) is 2.92. The largest absolute Gasteiger partial charge is 0.324 e. The third-order valence-corrected chi connectivity index (χ3v) is 4.06. The van der Waals surface area contributed by atoms with E-state index in [0.29, 0.717) is 17.1 Å². The highest BCUT2D eigenvalue weighted by atomic mass is 35.5. The van der Waals surface area contributed by atoms with Gasteiger partial charge in [-0.2, -0.15) is 4.99 Å². The SMILES string of the molecule is O=C=NC1(c2cc(Cl)c3c(c2)CC(=O)N3)CCC1. The average molecular weight is 263 g/mol. The zero-order valence-electron chi connectivity index (χ0n) is 9.62. The molecular formula is C13H11ClN2O2. The topological polar surface area (TPSA) is 58.5 Å². The Bertz CT molecular complexity index is 587. The molecular weight excluding hydrogens is 252 g/mol. The quantitative estimate of drug-likeness (QED) is 0.658.